The minimum atomic E-state index is -1.45. The molecule has 0 aliphatic carbocycles. The number of aliphatic carboxylic acids is 1. The molecule has 0 aromatic heterocycles. The fourth-order valence-corrected chi connectivity index (χ4v) is 2.66. The summed E-state index contributed by atoms with van der Waals surface area (Å²) in [4.78, 5) is 25.4. The Morgan fingerprint density at radius 2 is 1.83 bits per heavy atom. The lowest BCUT2D eigenvalue weighted by Crippen LogP contribution is -2.26. The van der Waals surface area contributed by atoms with Crippen LogP contribution in [0.5, 0.6) is 0 Å². The third kappa shape index (κ3) is 2.52. The molecule has 24 heavy (non-hydrogen) atoms. The zero-order chi connectivity index (χ0) is 17.3. The van der Waals surface area contributed by atoms with Crippen LogP contribution in [0.15, 0.2) is 54.1 Å². The van der Waals surface area contributed by atoms with Crippen molar-refractivity contribution in [2.45, 2.75) is 6.54 Å². The number of halogens is 1. The van der Waals surface area contributed by atoms with Crippen LogP contribution in [0, 0.1) is 17.1 Å². The molecule has 1 N–H and O–H groups in total. The van der Waals surface area contributed by atoms with Crippen molar-refractivity contribution in [3.63, 3.8) is 0 Å². The number of nitriles is 1. The molecule has 0 bridgehead atoms. The van der Waals surface area contributed by atoms with Crippen molar-refractivity contribution in [2.24, 2.45) is 0 Å². The summed E-state index contributed by atoms with van der Waals surface area (Å²) >= 11 is 0. The molecule has 2 aromatic carbocycles. The summed E-state index contributed by atoms with van der Waals surface area (Å²) in [7, 11) is 0. The number of benzene rings is 2. The summed E-state index contributed by atoms with van der Waals surface area (Å²) in [5.74, 6) is -2.39. The van der Waals surface area contributed by atoms with Gasteiger partial charge in [-0.25, -0.2) is 9.18 Å². The largest absolute Gasteiger partial charge is 0.477 e. The molecule has 1 heterocycles. The molecule has 3 rings (SSSR count). The first-order valence-corrected chi connectivity index (χ1v) is 7.06. The third-order valence-corrected chi connectivity index (χ3v) is 3.75. The van der Waals surface area contributed by atoms with E-state index >= 15 is 0 Å². The second-order valence-corrected chi connectivity index (χ2v) is 5.20. The number of hydrogen-bond donors (Lipinski definition) is 1. The molecule has 0 fully saturated rings. The van der Waals surface area contributed by atoms with Crippen LogP contribution in [0.4, 0.5) is 10.1 Å². The van der Waals surface area contributed by atoms with E-state index in [9.17, 15) is 19.1 Å². The van der Waals surface area contributed by atoms with Crippen molar-refractivity contribution in [1.82, 2.24) is 0 Å². The highest BCUT2D eigenvalue weighted by atomic mass is 19.1. The maximum absolute atomic E-state index is 13.0. The Morgan fingerprint density at radius 1 is 1.17 bits per heavy atom. The molecule has 0 unspecified atom stereocenters. The molecule has 1 aliphatic heterocycles. The fourth-order valence-electron chi connectivity index (χ4n) is 2.66. The maximum Gasteiger partial charge on any atom is 0.347 e. The van der Waals surface area contributed by atoms with Crippen LogP contribution in [0.2, 0.25) is 0 Å². The van der Waals surface area contributed by atoms with E-state index in [1.54, 1.807) is 42.5 Å². The normalized spacial score (nSPS) is 15.0. The summed E-state index contributed by atoms with van der Waals surface area (Å²) < 4.78 is 13.0. The van der Waals surface area contributed by atoms with Gasteiger partial charge in [0.05, 0.1) is 17.8 Å². The van der Waals surface area contributed by atoms with Crippen LogP contribution in [0.25, 0.3) is 5.57 Å². The Bertz CT molecular complexity index is 911. The zero-order valence-corrected chi connectivity index (χ0v) is 12.4. The quantitative estimate of drug-likeness (QED) is 0.696. The summed E-state index contributed by atoms with van der Waals surface area (Å²) in [6.45, 7) is 0.151. The number of carbonyl (C=O) groups is 2. The number of nitrogens with zero attached hydrogens (tertiary/aromatic N) is 2. The second kappa shape index (κ2) is 5.97. The van der Waals surface area contributed by atoms with Crippen LogP contribution in [-0.4, -0.2) is 17.0 Å². The van der Waals surface area contributed by atoms with Crippen LogP contribution in [0.3, 0.4) is 0 Å². The van der Waals surface area contributed by atoms with Gasteiger partial charge in [-0.05, 0) is 23.8 Å². The number of hydrogen-bond acceptors (Lipinski definition) is 3. The molecule has 0 atom stereocenters. The van der Waals surface area contributed by atoms with E-state index in [2.05, 4.69) is 0 Å². The summed E-state index contributed by atoms with van der Waals surface area (Å²) in [6, 6.07) is 13.9. The highest BCUT2D eigenvalue weighted by molar-refractivity contribution is 6.36. The van der Waals surface area contributed by atoms with Gasteiger partial charge >= 0.3 is 5.97 Å². The number of anilines is 1. The lowest BCUT2D eigenvalue weighted by Gasteiger charge is -2.17. The van der Waals surface area contributed by atoms with E-state index in [4.69, 9.17) is 5.26 Å². The Kier molecular flexibility index (Phi) is 3.84. The Morgan fingerprint density at radius 3 is 2.46 bits per heavy atom. The first-order chi connectivity index (χ1) is 11.5. The minimum absolute atomic E-state index is 0.122. The molecule has 1 aliphatic rings. The summed E-state index contributed by atoms with van der Waals surface area (Å²) in [5.41, 5.74) is 0.908. The number of para-hydroxylation sites is 1. The Hall–Kier alpha value is -3.46. The van der Waals surface area contributed by atoms with Gasteiger partial charge in [0.2, 0.25) is 0 Å². The van der Waals surface area contributed by atoms with Gasteiger partial charge in [0, 0.05) is 5.56 Å². The average Bonchev–Trinajstić information content (AvgIpc) is 2.83. The summed E-state index contributed by atoms with van der Waals surface area (Å²) in [6.07, 6.45) is 0. The predicted molar refractivity (Wildman–Crippen MR) is 84.2 cm³/mol. The van der Waals surface area contributed by atoms with E-state index in [1.807, 2.05) is 0 Å². The van der Waals surface area contributed by atoms with Gasteiger partial charge in [0.25, 0.3) is 5.91 Å². The monoisotopic (exact) mass is 322 g/mol. The van der Waals surface area contributed by atoms with Crippen molar-refractivity contribution in [3.05, 3.63) is 71.0 Å². The van der Waals surface area contributed by atoms with E-state index in [1.165, 1.54) is 17.0 Å². The first kappa shape index (κ1) is 15.4. The molecular weight excluding hydrogens is 311 g/mol. The van der Waals surface area contributed by atoms with Gasteiger partial charge in [-0.3, -0.25) is 4.79 Å². The van der Waals surface area contributed by atoms with Gasteiger partial charge in [-0.15, -0.1) is 0 Å². The Balaban J connectivity index is 2.10. The van der Waals surface area contributed by atoms with E-state index < -0.39 is 17.4 Å². The molecule has 1 amide bonds. The third-order valence-electron chi connectivity index (χ3n) is 3.75. The number of fused-ring (bicyclic) bond motifs is 1. The number of carbonyl (C=O) groups excluding carboxylic acids is 1. The van der Waals surface area contributed by atoms with E-state index in [0.29, 0.717) is 16.8 Å². The molecule has 118 valence electrons. The van der Waals surface area contributed by atoms with Gasteiger partial charge in [0.15, 0.2) is 5.57 Å². The topological polar surface area (TPSA) is 81.4 Å². The van der Waals surface area contributed by atoms with Gasteiger partial charge in [-0.2, -0.15) is 5.26 Å². The molecule has 5 nitrogen and oxygen atoms in total. The van der Waals surface area contributed by atoms with Gasteiger partial charge in [-0.1, -0.05) is 30.3 Å². The minimum Gasteiger partial charge on any atom is -0.477 e. The molecule has 0 spiro atoms. The van der Waals surface area contributed by atoms with Gasteiger partial charge in [0.1, 0.15) is 11.9 Å². The van der Waals surface area contributed by atoms with Crippen LogP contribution >= 0.6 is 0 Å². The molecule has 6 heteroatoms. The number of amides is 1. The fraction of sp³-hybridized carbons (Fsp3) is 0.0556. The molecule has 0 saturated carbocycles. The van der Waals surface area contributed by atoms with E-state index in [0.717, 1.165) is 0 Å². The van der Waals surface area contributed by atoms with Crippen molar-refractivity contribution < 1.29 is 19.1 Å². The SMILES string of the molecule is N#C/C(C(=O)O)=C1\C(=O)N(Cc2ccc(F)cc2)c2ccccc21. The van der Waals surface area contributed by atoms with Crippen LogP contribution in [0.1, 0.15) is 11.1 Å². The highest BCUT2D eigenvalue weighted by Crippen LogP contribution is 2.39. The lowest BCUT2D eigenvalue weighted by atomic mass is 10.0. The highest BCUT2D eigenvalue weighted by Gasteiger charge is 2.36. The maximum atomic E-state index is 13.0. The predicted octanol–water partition coefficient (Wildman–Crippen LogP) is 2.73. The van der Waals surface area contributed by atoms with Crippen LogP contribution in [-0.2, 0) is 16.1 Å². The standard InChI is InChI=1S/C18H11FN2O3/c19-12-7-5-11(6-8-12)10-21-15-4-2-1-3-13(15)16(17(21)22)14(9-20)18(23)24/h1-8H,10H2,(H,23,24)/b16-14+. The average molecular weight is 322 g/mol. The molecule has 2 aromatic rings. The first-order valence-electron chi connectivity index (χ1n) is 7.06. The zero-order valence-electron chi connectivity index (χ0n) is 12.4. The number of rotatable bonds is 3. The van der Waals surface area contributed by atoms with Gasteiger partial charge < -0.3 is 10.0 Å². The smallest absolute Gasteiger partial charge is 0.347 e. The Labute approximate surface area is 136 Å². The molecule has 0 saturated heterocycles. The van der Waals surface area contributed by atoms with Crippen LogP contribution < -0.4 is 4.90 Å². The number of carboxylic acids is 1. The second-order valence-electron chi connectivity index (χ2n) is 5.20. The van der Waals surface area contributed by atoms with Crippen molar-refractivity contribution >= 4 is 23.1 Å². The lowest BCUT2D eigenvalue weighted by molar-refractivity contribution is -0.132. The van der Waals surface area contributed by atoms with E-state index in [-0.39, 0.29) is 17.9 Å². The van der Waals surface area contributed by atoms with Crippen molar-refractivity contribution in [1.29, 1.82) is 5.26 Å². The number of carboxylic acid groups (broad SMARTS) is 1. The molecular formula is C18H11FN2O3. The van der Waals surface area contributed by atoms with Crippen molar-refractivity contribution in [2.75, 3.05) is 4.90 Å². The molecule has 0 radical (unpaired) electrons. The van der Waals surface area contributed by atoms with Crippen molar-refractivity contribution in [3.8, 4) is 6.07 Å². The summed E-state index contributed by atoms with van der Waals surface area (Å²) in [5, 5.41) is 18.3.